The van der Waals surface area contributed by atoms with Crippen LogP contribution in [0.25, 0.3) is 6.08 Å². The Labute approximate surface area is 128 Å². The molecule has 20 heavy (non-hydrogen) atoms. The van der Waals surface area contributed by atoms with Crippen molar-refractivity contribution in [2.45, 2.75) is 31.8 Å². The molecule has 1 aromatic rings. The minimum absolute atomic E-state index is 0.0164. The molecule has 1 saturated heterocycles. The van der Waals surface area contributed by atoms with Gasteiger partial charge in [-0.05, 0) is 50.0 Å². The third kappa shape index (κ3) is 4.46. The maximum atomic E-state index is 12.2. The van der Waals surface area contributed by atoms with Crippen molar-refractivity contribution in [1.29, 1.82) is 0 Å². The molecule has 1 aromatic carbocycles. The molecule has 3 nitrogen and oxygen atoms in total. The average molecular weight is 338 g/mol. The van der Waals surface area contributed by atoms with Gasteiger partial charge in [0.15, 0.2) is 0 Å². The first-order valence-corrected chi connectivity index (χ1v) is 7.70. The van der Waals surface area contributed by atoms with Crippen LogP contribution >= 0.6 is 15.9 Å². The van der Waals surface area contributed by atoms with Gasteiger partial charge in [-0.2, -0.15) is 0 Å². The van der Waals surface area contributed by atoms with Gasteiger partial charge in [-0.3, -0.25) is 4.79 Å². The number of rotatable bonds is 2. The SMILES string of the molecule is CC1(O)CCCN(C(=O)/C=C/c2cccc(Br)c2)CC1. The molecule has 0 aromatic heterocycles. The number of carbonyl (C=O) groups excluding carboxylic acids is 1. The summed E-state index contributed by atoms with van der Waals surface area (Å²) in [5, 5.41) is 10.0. The van der Waals surface area contributed by atoms with Crippen molar-refractivity contribution in [2.75, 3.05) is 13.1 Å². The van der Waals surface area contributed by atoms with Gasteiger partial charge >= 0.3 is 0 Å². The highest BCUT2D eigenvalue weighted by Crippen LogP contribution is 2.21. The topological polar surface area (TPSA) is 40.5 Å². The van der Waals surface area contributed by atoms with E-state index in [0.717, 1.165) is 29.4 Å². The molecule has 108 valence electrons. The Kier molecular flexibility index (Phi) is 5.00. The fourth-order valence-corrected chi connectivity index (χ4v) is 2.78. The molecule has 0 radical (unpaired) electrons. The first-order chi connectivity index (χ1) is 9.46. The number of hydrogen-bond donors (Lipinski definition) is 1. The molecule has 0 saturated carbocycles. The molecule has 0 spiro atoms. The van der Waals surface area contributed by atoms with Crippen LogP contribution in [0.3, 0.4) is 0 Å². The Balaban J connectivity index is 1.98. The summed E-state index contributed by atoms with van der Waals surface area (Å²) in [6, 6.07) is 7.83. The first-order valence-electron chi connectivity index (χ1n) is 6.91. The van der Waals surface area contributed by atoms with E-state index >= 15 is 0 Å². The van der Waals surface area contributed by atoms with Crippen molar-refractivity contribution in [3.8, 4) is 0 Å². The number of halogens is 1. The predicted octanol–water partition coefficient (Wildman–Crippen LogP) is 3.23. The van der Waals surface area contributed by atoms with Crippen molar-refractivity contribution in [3.63, 3.8) is 0 Å². The number of amides is 1. The Morgan fingerprint density at radius 1 is 1.40 bits per heavy atom. The lowest BCUT2D eigenvalue weighted by Crippen LogP contribution is -2.32. The maximum Gasteiger partial charge on any atom is 0.246 e. The minimum Gasteiger partial charge on any atom is -0.390 e. The van der Waals surface area contributed by atoms with E-state index in [0.29, 0.717) is 13.0 Å². The van der Waals surface area contributed by atoms with Gasteiger partial charge in [-0.25, -0.2) is 0 Å². The van der Waals surface area contributed by atoms with Gasteiger partial charge < -0.3 is 10.0 Å². The number of carbonyl (C=O) groups is 1. The number of nitrogens with zero attached hydrogens (tertiary/aromatic N) is 1. The fraction of sp³-hybridized carbons (Fsp3) is 0.438. The summed E-state index contributed by atoms with van der Waals surface area (Å²) in [5.41, 5.74) is 0.359. The van der Waals surface area contributed by atoms with Crippen molar-refractivity contribution < 1.29 is 9.90 Å². The quantitative estimate of drug-likeness (QED) is 0.841. The Morgan fingerprint density at radius 2 is 2.20 bits per heavy atom. The molecule has 0 bridgehead atoms. The molecule has 1 atom stereocenters. The van der Waals surface area contributed by atoms with E-state index < -0.39 is 5.60 Å². The van der Waals surface area contributed by atoms with Crippen molar-refractivity contribution in [1.82, 2.24) is 4.90 Å². The fourth-order valence-electron chi connectivity index (χ4n) is 2.37. The number of likely N-dealkylation sites (tertiary alicyclic amines) is 1. The minimum atomic E-state index is -0.636. The van der Waals surface area contributed by atoms with E-state index in [4.69, 9.17) is 0 Å². The van der Waals surface area contributed by atoms with E-state index in [-0.39, 0.29) is 5.91 Å². The van der Waals surface area contributed by atoms with Gasteiger partial charge in [-0.1, -0.05) is 28.1 Å². The summed E-state index contributed by atoms with van der Waals surface area (Å²) in [4.78, 5) is 14.0. The van der Waals surface area contributed by atoms with Crippen LogP contribution in [0.15, 0.2) is 34.8 Å². The molecule has 1 amide bonds. The van der Waals surface area contributed by atoms with E-state index in [9.17, 15) is 9.90 Å². The Bertz CT molecular complexity index is 511. The van der Waals surface area contributed by atoms with Crippen molar-refractivity contribution in [3.05, 3.63) is 40.4 Å². The third-order valence-electron chi connectivity index (χ3n) is 3.64. The molecule has 1 fully saturated rings. The summed E-state index contributed by atoms with van der Waals surface area (Å²) in [6.07, 6.45) is 5.69. The highest BCUT2D eigenvalue weighted by molar-refractivity contribution is 9.10. The second-order valence-electron chi connectivity index (χ2n) is 5.56. The monoisotopic (exact) mass is 337 g/mol. The molecule has 1 aliphatic rings. The van der Waals surface area contributed by atoms with Crippen LogP contribution < -0.4 is 0 Å². The normalized spacial score (nSPS) is 23.9. The second kappa shape index (κ2) is 6.55. The van der Waals surface area contributed by atoms with E-state index in [1.54, 1.807) is 6.08 Å². The molecule has 1 heterocycles. The van der Waals surface area contributed by atoms with Gasteiger partial charge in [0, 0.05) is 23.6 Å². The molecule has 0 aliphatic carbocycles. The van der Waals surface area contributed by atoms with Crippen LogP contribution in [0.5, 0.6) is 0 Å². The van der Waals surface area contributed by atoms with Crippen LogP contribution in [0.4, 0.5) is 0 Å². The lowest BCUT2D eigenvalue weighted by molar-refractivity contribution is -0.126. The van der Waals surface area contributed by atoms with E-state index in [1.165, 1.54) is 0 Å². The number of hydrogen-bond acceptors (Lipinski definition) is 2. The van der Waals surface area contributed by atoms with Gasteiger partial charge in [0.25, 0.3) is 0 Å². The van der Waals surface area contributed by atoms with Gasteiger partial charge in [0.2, 0.25) is 5.91 Å². The first kappa shape index (κ1) is 15.3. The molecule has 4 heteroatoms. The number of benzene rings is 1. The molecule has 1 unspecified atom stereocenters. The molecule has 1 aliphatic heterocycles. The largest absolute Gasteiger partial charge is 0.390 e. The zero-order chi connectivity index (χ0) is 14.6. The summed E-state index contributed by atoms with van der Waals surface area (Å²) in [6.45, 7) is 3.19. The van der Waals surface area contributed by atoms with Crippen molar-refractivity contribution in [2.24, 2.45) is 0 Å². The standard InChI is InChI=1S/C16H20BrNO2/c1-16(20)8-3-10-18(11-9-16)15(19)7-6-13-4-2-5-14(17)12-13/h2,4-7,12,20H,3,8-11H2,1H3/b7-6+. The van der Waals surface area contributed by atoms with Crippen LogP contribution in [0.1, 0.15) is 31.7 Å². The van der Waals surface area contributed by atoms with Gasteiger partial charge in [-0.15, -0.1) is 0 Å². The predicted molar refractivity (Wildman–Crippen MR) is 84.2 cm³/mol. The summed E-state index contributed by atoms with van der Waals surface area (Å²) in [5.74, 6) is 0.0164. The Morgan fingerprint density at radius 3 is 2.95 bits per heavy atom. The second-order valence-corrected chi connectivity index (χ2v) is 6.48. The van der Waals surface area contributed by atoms with Crippen LogP contribution in [-0.4, -0.2) is 34.6 Å². The van der Waals surface area contributed by atoms with Crippen molar-refractivity contribution >= 4 is 27.9 Å². The lowest BCUT2D eigenvalue weighted by Gasteiger charge is -2.21. The van der Waals surface area contributed by atoms with Gasteiger partial charge in [0.1, 0.15) is 0 Å². The molecular formula is C16H20BrNO2. The molecule has 2 rings (SSSR count). The summed E-state index contributed by atoms with van der Waals surface area (Å²) in [7, 11) is 0. The maximum absolute atomic E-state index is 12.2. The average Bonchev–Trinajstić information content (AvgIpc) is 2.57. The number of aliphatic hydroxyl groups is 1. The lowest BCUT2D eigenvalue weighted by atomic mass is 9.98. The highest BCUT2D eigenvalue weighted by Gasteiger charge is 2.26. The van der Waals surface area contributed by atoms with E-state index in [2.05, 4.69) is 15.9 Å². The zero-order valence-electron chi connectivity index (χ0n) is 11.7. The smallest absolute Gasteiger partial charge is 0.246 e. The molecule has 1 N–H and O–H groups in total. The van der Waals surface area contributed by atoms with E-state index in [1.807, 2.05) is 42.2 Å². The Hall–Kier alpha value is -1.13. The van der Waals surface area contributed by atoms with Crippen LogP contribution in [0.2, 0.25) is 0 Å². The summed E-state index contributed by atoms with van der Waals surface area (Å²) < 4.78 is 0.998. The van der Waals surface area contributed by atoms with Crippen LogP contribution in [0, 0.1) is 0 Å². The van der Waals surface area contributed by atoms with Crippen LogP contribution in [-0.2, 0) is 4.79 Å². The van der Waals surface area contributed by atoms with Gasteiger partial charge in [0.05, 0.1) is 5.60 Å². The third-order valence-corrected chi connectivity index (χ3v) is 4.14. The zero-order valence-corrected chi connectivity index (χ0v) is 13.3. The summed E-state index contributed by atoms with van der Waals surface area (Å²) >= 11 is 3.41. The molecular weight excluding hydrogens is 318 g/mol. The highest BCUT2D eigenvalue weighted by atomic mass is 79.9.